The monoisotopic (exact) mass is 373 g/mol. The molecule has 0 aliphatic rings. The Morgan fingerprint density at radius 3 is 2.30 bits per heavy atom. The highest BCUT2D eigenvalue weighted by atomic mass is 16.5. The molecule has 0 saturated heterocycles. The van der Waals surface area contributed by atoms with E-state index in [0.29, 0.717) is 25.5 Å². The van der Waals surface area contributed by atoms with E-state index in [0.717, 1.165) is 30.0 Å². The van der Waals surface area contributed by atoms with E-state index in [4.69, 9.17) is 14.2 Å². The lowest BCUT2D eigenvalue weighted by Crippen LogP contribution is -2.18. The van der Waals surface area contributed by atoms with Gasteiger partial charge in [0.05, 0.1) is 26.0 Å². The molecule has 0 bridgehead atoms. The quantitative estimate of drug-likeness (QED) is 0.511. The highest BCUT2D eigenvalue weighted by molar-refractivity contribution is 5.31. The van der Waals surface area contributed by atoms with Gasteiger partial charge >= 0.3 is 0 Å². The topological polar surface area (TPSA) is 49.7 Å². The molecular weight excluding hydrogens is 342 g/mol. The number of rotatable bonds is 12. The molecule has 27 heavy (non-hydrogen) atoms. The lowest BCUT2D eigenvalue weighted by Gasteiger charge is -2.15. The molecule has 0 unspecified atom stereocenters. The minimum absolute atomic E-state index is 0.0617. The first-order chi connectivity index (χ1) is 13.2. The lowest BCUT2D eigenvalue weighted by atomic mass is 10.2. The number of methoxy groups -OCH3 is 1. The molecule has 1 heterocycles. The normalized spacial score (nSPS) is 10.6. The van der Waals surface area contributed by atoms with Gasteiger partial charge in [-0.25, -0.2) is 0 Å². The van der Waals surface area contributed by atoms with Crippen LogP contribution >= 0.6 is 0 Å². The van der Waals surface area contributed by atoms with Crippen LogP contribution in [-0.4, -0.2) is 24.9 Å². The average molecular weight is 373 g/mol. The number of aromatic nitrogens is 1. The Morgan fingerprint density at radius 1 is 0.889 bits per heavy atom. The third-order valence-electron chi connectivity index (χ3n) is 4.54. The van der Waals surface area contributed by atoms with Gasteiger partial charge in [0, 0.05) is 12.3 Å². The van der Waals surface area contributed by atoms with Gasteiger partial charge in [-0.05, 0) is 37.6 Å². The van der Waals surface area contributed by atoms with Crippen LogP contribution in [0.3, 0.4) is 0 Å². The molecule has 1 aromatic carbocycles. The first-order valence-corrected chi connectivity index (χ1v) is 9.75. The van der Waals surface area contributed by atoms with Crippen molar-refractivity contribution in [2.75, 3.05) is 20.3 Å². The SMILES string of the molecule is CCCCCCCOc1c(C)n(CCOc2ccc(OC)cc2)ccc1=O. The van der Waals surface area contributed by atoms with E-state index >= 15 is 0 Å². The molecule has 0 saturated carbocycles. The third kappa shape index (κ3) is 6.66. The molecule has 0 atom stereocenters. The molecule has 148 valence electrons. The summed E-state index contributed by atoms with van der Waals surface area (Å²) in [5.41, 5.74) is 0.780. The maximum absolute atomic E-state index is 12.1. The van der Waals surface area contributed by atoms with Crippen LogP contribution in [0.15, 0.2) is 41.3 Å². The van der Waals surface area contributed by atoms with E-state index in [1.807, 2.05) is 35.8 Å². The molecule has 0 spiro atoms. The van der Waals surface area contributed by atoms with Gasteiger partial charge in [-0.2, -0.15) is 0 Å². The summed E-state index contributed by atoms with van der Waals surface area (Å²) in [7, 11) is 1.64. The second kappa shape index (κ2) is 11.3. The van der Waals surface area contributed by atoms with Gasteiger partial charge in [-0.1, -0.05) is 32.6 Å². The zero-order chi connectivity index (χ0) is 19.5. The molecule has 1 aromatic heterocycles. The Labute approximate surface area is 161 Å². The number of ether oxygens (including phenoxy) is 3. The van der Waals surface area contributed by atoms with Gasteiger partial charge in [0.1, 0.15) is 18.1 Å². The second-order valence-corrected chi connectivity index (χ2v) is 6.57. The lowest BCUT2D eigenvalue weighted by molar-refractivity contribution is 0.283. The minimum atomic E-state index is -0.0617. The largest absolute Gasteiger partial charge is 0.497 e. The number of hydrogen-bond acceptors (Lipinski definition) is 4. The fraction of sp³-hybridized carbons (Fsp3) is 0.500. The molecule has 0 amide bonds. The fourth-order valence-corrected chi connectivity index (χ4v) is 2.89. The van der Waals surface area contributed by atoms with Crippen LogP contribution in [0.4, 0.5) is 0 Å². The van der Waals surface area contributed by atoms with Crippen molar-refractivity contribution in [1.82, 2.24) is 4.57 Å². The minimum Gasteiger partial charge on any atom is -0.497 e. The molecule has 0 aliphatic heterocycles. The Kier molecular flexibility index (Phi) is 8.75. The van der Waals surface area contributed by atoms with Crippen molar-refractivity contribution in [3.05, 3.63) is 52.4 Å². The van der Waals surface area contributed by atoms with E-state index in [2.05, 4.69) is 6.92 Å². The summed E-state index contributed by atoms with van der Waals surface area (Å²) in [5, 5.41) is 0. The fourth-order valence-electron chi connectivity index (χ4n) is 2.89. The summed E-state index contributed by atoms with van der Waals surface area (Å²) in [4.78, 5) is 12.1. The number of unbranched alkanes of at least 4 members (excludes halogenated alkanes) is 4. The van der Waals surface area contributed by atoms with Gasteiger partial charge in [-0.3, -0.25) is 4.79 Å². The van der Waals surface area contributed by atoms with Crippen LogP contribution in [0.25, 0.3) is 0 Å². The average Bonchev–Trinajstić information content (AvgIpc) is 2.69. The first-order valence-electron chi connectivity index (χ1n) is 9.75. The van der Waals surface area contributed by atoms with Crippen molar-refractivity contribution in [3.8, 4) is 17.2 Å². The Morgan fingerprint density at radius 2 is 1.59 bits per heavy atom. The highest BCUT2D eigenvalue weighted by Gasteiger charge is 2.09. The second-order valence-electron chi connectivity index (χ2n) is 6.57. The molecule has 0 radical (unpaired) electrons. The summed E-state index contributed by atoms with van der Waals surface area (Å²) < 4.78 is 18.7. The van der Waals surface area contributed by atoms with Crippen molar-refractivity contribution in [2.45, 2.75) is 52.5 Å². The smallest absolute Gasteiger partial charge is 0.223 e. The number of benzene rings is 1. The van der Waals surface area contributed by atoms with E-state index in [1.54, 1.807) is 19.4 Å². The van der Waals surface area contributed by atoms with Crippen molar-refractivity contribution in [1.29, 1.82) is 0 Å². The zero-order valence-electron chi connectivity index (χ0n) is 16.7. The van der Waals surface area contributed by atoms with Crippen LogP contribution in [0, 0.1) is 6.92 Å². The Bertz CT molecular complexity index is 737. The zero-order valence-corrected chi connectivity index (χ0v) is 16.7. The van der Waals surface area contributed by atoms with E-state index in [9.17, 15) is 4.79 Å². The van der Waals surface area contributed by atoms with Gasteiger partial charge in [-0.15, -0.1) is 0 Å². The Balaban J connectivity index is 1.86. The van der Waals surface area contributed by atoms with Crippen LogP contribution in [-0.2, 0) is 6.54 Å². The van der Waals surface area contributed by atoms with Gasteiger partial charge in [0.2, 0.25) is 5.43 Å². The molecular formula is C22H31NO4. The third-order valence-corrected chi connectivity index (χ3v) is 4.54. The molecule has 0 fully saturated rings. The number of nitrogens with zero attached hydrogens (tertiary/aromatic N) is 1. The van der Waals surface area contributed by atoms with Crippen molar-refractivity contribution in [2.24, 2.45) is 0 Å². The van der Waals surface area contributed by atoms with Crippen molar-refractivity contribution < 1.29 is 14.2 Å². The molecule has 2 rings (SSSR count). The van der Waals surface area contributed by atoms with Gasteiger partial charge in [0.25, 0.3) is 0 Å². The predicted octanol–water partition coefficient (Wildman–Crippen LogP) is 4.59. The van der Waals surface area contributed by atoms with E-state index < -0.39 is 0 Å². The summed E-state index contributed by atoms with van der Waals surface area (Å²) in [6.45, 7) is 5.86. The van der Waals surface area contributed by atoms with Gasteiger partial charge < -0.3 is 18.8 Å². The molecule has 2 aromatic rings. The molecule has 5 heteroatoms. The molecule has 0 aliphatic carbocycles. The maximum atomic E-state index is 12.1. The van der Waals surface area contributed by atoms with Crippen LogP contribution in [0.5, 0.6) is 17.2 Å². The predicted molar refractivity (Wildman–Crippen MR) is 108 cm³/mol. The van der Waals surface area contributed by atoms with Crippen LogP contribution in [0.1, 0.15) is 44.7 Å². The van der Waals surface area contributed by atoms with Crippen molar-refractivity contribution >= 4 is 0 Å². The summed E-state index contributed by atoms with van der Waals surface area (Å²) in [6, 6.07) is 9.06. The van der Waals surface area contributed by atoms with Crippen LogP contribution < -0.4 is 19.6 Å². The number of pyridine rings is 1. The molecule has 5 nitrogen and oxygen atoms in total. The summed E-state index contributed by atoms with van der Waals surface area (Å²) in [5.74, 6) is 2.05. The molecule has 0 N–H and O–H groups in total. The Hall–Kier alpha value is -2.43. The summed E-state index contributed by atoms with van der Waals surface area (Å²) >= 11 is 0. The van der Waals surface area contributed by atoms with Gasteiger partial charge in [0.15, 0.2) is 5.75 Å². The summed E-state index contributed by atoms with van der Waals surface area (Å²) in [6.07, 6.45) is 7.62. The van der Waals surface area contributed by atoms with Crippen LogP contribution in [0.2, 0.25) is 0 Å². The van der Waals surface area contributed by atoms with E-state index in [1.165, 1.54) is 19.3 Å². The standard InChI is InChI=1S/C22H31NO4/c1-4-5-6-7-8-16-27-22-18(2)23(14-13-21(22)24)15-17-26-20-11-9-19(25-3)10-12-20/h9-14H,4-8,15-17H2,1-3H3. The van der Waals surface area contributed by atoms with E-state index in [-0.39, 0.29) is 5.43 Å². The number of hydrogen-bond donors (Lipinski definition) is 0. The first kappa shape index (κ1) is 20.9. The maximum Gasteiger partial charge on any atom is 0.223 e. The van der Waals surface area contributed by atoms with Crippen molar-refractivity contribution in [3.63, 3.8) is 0 Å². The highest BCUT2D eigenvalue weighted by Crippen LogP contribution is 2.17.